The van der Waals surface area contributed by atoms with E-state index in [0.717, 1.165) is 33.9 Å². The summed E-state index contributed by atoms with van der Waals surface area (Å²) in [5.74, 6) is 1.35. The lowest BCUT2D eigenvalue weighted by Gasteiger charge is -2.31. The summed E-state index contributed by atoms with van der Waals surface area (Å²) in [6.07, 6.45) is 15.7. The van der Waals surface area contributed by atoms with Crippen LogP contribution in [0.1, 0.15) is 74.5 Å². The van der Waals surface area contributed by atoms with Gasteiger partial charge in [0.25, 0.3) is 0 Å². The van der Waals surface area contributed by atoms with E-state index >= 15 is 0 Å². The van der Waals surface area contributed by atoms with Gasteiger partial charge < -0.3 is 13.9 Å². The molecule has 310 valence electrons. The Hall–Kier alpha value is -7.10. The van der Waals surface area contributed by atoms with Crippen molar-refractivity contribution in [2.75, 3.05) is 4.90 Å². The summed E-state index contributed by atoms with van der Waals surface area (Å²) >= 11 is 0. The van der Waals surface area contributed by atoms with Crippen molar-refractivity contribution in [1.29, 1.82) is 0 Å². The topological polar surface area (TPSA) is 21.3 Å². The molecule has 3 heteroatoms. The predicted molar refractivity (Wildman–Crippen MR) is 269 cm³/mol. The molecule has 0 radical (unpaired) electrons. The molecule has 0 bridgehead atoms. The van der Waals surface area contributed by atoms with Crippen LogP contribution in [0, 0.1) is 5.92 Å². The van der Waals surface area contributed by atoms with Crippen molar-refractivity contribution < 1.29 is 4.42 Å². The summed E-state index contributed by atoms with van der Waals surface area (Å²) in [6.45, 7) is 4.86. The molecule has 0 amide bonds. The number of nitrogens with zero attached hydrogens (tertiary/aromatic N) is 2. The van der Waals surface area contributed by atoms with Gasteiger partial charge in [0.05, 0.1) is 16.7 Å². The van der Waals surface area contributed by atoms with Gasteiger partial charge in [-0.1, -0.05) is 154 Å². The van der Waals surface area contributed by atoms with Gasteiger partial charge in [-0.15, -0.1) is 0 Å². The molecule has 8 aromatic carbocycles. The summed E-state index contributed by atoms with van der Waals surface area (Å²) < 4.78 is 9.47. The highest BCUT2D eigenvalue weighted by Crippen LogP contribution is 2.55. The van der Waals surface area contributed by atoms with Crippen LogP contribution >= 0.6 is 0 Å². The van der Waals surface area contributed by atoms with Crippen molar-refractivity contribution >= 4 is 71.6 Å². The molecule has 1 fully saturated rings. The number of rotatable bonds is 6. The lowest BCUT2D eigenvalue weighted by molar-refractivity contribution is 0.394. The second kappa shape index (κ2) is 14.5. The number of furan rings is 1. The van der Waals surface area contributed by atoms with Crippen molar-refractivity contribution in [3.8, 4) is 16.8 Å². The van der Waals surface area contributed by atoms with Gasteiger partial charge in [0.2, 0.25) is 0 Å². The van der Waals surface area contributed by atoms with E-state index in [1.165, 1.54) is 103 Å². The fourth-order valence-electron chi connectivity index (χ4n) is 12.1. The Balaban J connectivity index is 1.06. The SMILES string of the molecule is CC1(C)c2cc(N(c3ccc4c(c3)oc3c(C5CCCCC5)cccc34)c3cc4ccccc4cc3-c3ccc4c5ccccc5n(-c5ccccc5)c4c3)ccc2C2C=CC=CC21. The third-order valence-electron chi connectivity index (χ3n) is 15.2. The number of benzene rings is 8. The smallest absolute Gasteiger partial charge is 0.138 e. The molecular weight excluding hydrogens is 777 g/mol. The Kier molecular flexibility index (Phi) is 8.47. The fourth-order valence-corrected chi connectivity index (χ4v) is 12.1. The standard InChI is InChI=1S/C61H50N2O/c1-61(2)54-26-13-11-22-47(54)48-32-29-44(37-55(48)61)62(45-30-33-51-52-25-15-24-46(39-16-5-3-6-17-39)60(52)64-59(51)38-45)58-35-41-19-10-9-18-40(41)34-53(58)42-28-31-50-49-23-12-14-27-56(49)63(57(50)36-42)43-20-7-4-8-21-43/h4,7-15,18-39,47,54H,3,5-6,16-17H2,1-2H3. The van der Waals surface area contributed by atoms with Crippen molar-refractivity contribution in [3.05, 3.63) is 205 Å². The zero-order valence-corrected chi connectivity index (χ0v) is 36.5. The van der Waals surface area contributed by atoms with Crippen LogP contribution in [0.2, 0.25) is 0 Å². The van der Waals surface area contributed by atoms with E-state index in [9.17, 15) is 0 Å². The Morgan fingerprint density at radius 3 is 2.16 bits per heavy atom. The van der Waals surface area contributed by atoms with E-state index in [-0.39, 0.29) is 5.41 Å². The number of anilines is 3. The fraction of sp³-hybridized carbons (Fsp3) is 0.180. The summed E-state index contributed by atoms with van der Waals surface area (Å²) in [5.41, 5.74) is 15.4. The minimum absolute atomic E-state index is 0.0384. The van der Waals surface area contributed by atoms with Crippen LogP contribution in [-0.2, 0) is 5.41 Å². The number of hydrogen-bond acceptors (Lipinski definition) is 2. The molecule has 1 saturated carbocycles. The van der Waals surface area contributed by atoms with Crippen LogP contribution < -0.4 is 4.90 Å². The maximum absolute atomic E-state index is 7.04. The average Bonchev–Trinajstić information content (AvgIpc) is 3.96. The zero-order chi connectivity index (χ0) is 42.5. The normalized spacial score (nSPS) is 18.1. The third-order valence-corrected chi connectivity index (χ3v) is 15.2. The summed E-state index contributed by atoms with van der Waals surface area (Å²) in [7, 11) is 0. The first-order valence-corrected chi connectivity index (χ1v) is 23.4. The van der Waals surface area contributed by atoms with Gasteiger partial charge in [-0.05, 0) is 124 Å². The van der Waals surface area contributed by atoms with Crippen molar-refractivity contribution in [1.82, 2.24) is 4.57 Å². The molecule has 0 aliphatic heterocycles. The number of fused-ring (bicyclic) bond motifs is 10. The highest BCUT2D eigenvalue weighted by Gasteiger charge is 2.44. The van der Waals surface area contributed by atoms with E-state index in [2.05, 4.69) is 211 Å². The minimum atomic E-state index is -0.0384. The van der Waals surface area contributed by atoms with Gasteiger partial charge in [-0.2, -0.15) is 0 Å². The van der Waals surface area contributed by atoms with Gasteiger partial charge in [0.15, 0.2) is 0 Å². The van der Waals surface area contributed by atoms with Gasteiger partial charge in [0.1, 0.15) is 11.2 Å². The molecule has 2 atom stereocenters. The Morgan fingerprint density at radius 1 is 0.562 bits per heavy atom. The molecule has 3 aliphatic carbocycles. The van der Waals surface area contributed by atoms with E-state index in [4.69, 9.17) is 4.42 Å². The Morgan fingerprint density at radius 2 is 1.28 bits per heavy atom. The first-order valence-electron chi connectivity index (χ1n) is 23.4. The molecule has 13 rings (SSSR count). The van der Waals surface area contributed by atoms with Crippen LogP contribution in [0.3, 0.4) is 0 Å². The summed E-state index contributed by atoms with van der Waals surface area (Å²) in [5, 5.41) is 7.31. The van der Waals surface area contributed by atoms with Crippen LogP contribution in [0.25, 0.3) is 71.3 Å². The van der Waals surface area contributed by atoms with Crippen molar-refractivity contribution in [2.45, 2.75) is 63.2 Å². The maximum Gasteiger partial charge on any atom is 0.138 e. The highest BCUT2D eigenvalue weighted by atomic mass is 16.3. The molecule has 0 spiro atoms. The number of hydrogen-bond donors (Lipinski definition) is 0. The molecule has 2 unspecified atom stereocenters. The van der Waals surface area contributed by atoms with E-state index in [0.29, 0.717) is 17.8 Å². The largest absolute Gasteiger partial charge is 0.456 e. The zero-order valence-electron chi connectivity index (χ0n) is 36.5. The first-order chi connectivity index (χ1) is 31.5. The Bertz CT molecular complexity index is 3540. The Labute approximate surface area is 374 Å². The van der Waals surface area contributed by atoms with Crippen molar-refractivity contribution in [2.24, 2.45) is 5.92 Å². The monoisotopic (exact) mass is 826 g/mol. The lowest BCUT2D eigenvalue weighted by atomic mass is 9.74. The number of allylic oxidation sites excluding steroid dienone is 4. The van der Waals surface area contributed by atoms with Gasteiger partial charge in [-0.3, -0.25) is 0 Å². The molecule has 2 heterocycles. The average molecular weight is 827 g/mol. The van der Waals surface area contributed by atoms with Crippen LogP contribution in [-0.4, -0.2) is 4.57 Å². The van der Waals surface area contributed by atoms with Gasteiger partial charge >= 0.3 is 0 Å². The molecule has 10 aromatic rings. The molecule has 0 N–H and O–H groups in total. The second-order valence-electron chi connectivity index (χ2n) is 19.1. The van der Waals surface area contributed by atoms with E-state index < -0.39 is 0 Å². The number of aromatic nitrogens is 1. The molecule has 64 heavy (non-hydrogen) atoms. The lowest BCUT2D eigenvalue weighted by Crippen LogP contribution is -2.24. The summed E-state index contributed by atoms with van der Waals surface area (Å²) in [4.78, 5) is 2.51. The first kappa shape index (κ1) is 37.5. The summed E-state index contributed by atoms with van der Waals surface area (Å²) in [6, 6.07) is 61.3. The third kappa shape index (κ3) is 5.73. The molecule has 3 aliphatic rings. The molecular formula is C61H50N2O. The predicted octanol–water partition coefficient (Wildman–Crippen LogP) is 17.1. The van der Waals surface area contributed by atoms with E-state index in [1.54, 1.807) is 0 Å². The number of para-hydroxylation sites is 3. The minimum Gasteiger partial charge on any atom is -0.456 e. The quantitative estimate of drug-likeness (QED) is 0.167. The molecule has 2 aromatic heterocycles. The van der Waals surface area contributed by atoms with Crippen LogP contribution in [0.15, 0.2) is 193 Å². The molecule has 0 saturated heterocycles. The van der Waals surface area contributed by atoms with Crippen LogP contribution in [0.4, 0.5) is 17.1 Å². The maximum atomic E-state index is 7.04. The van der Waals surface area contributed by atoms with Gasteiger partial charge in [0, 0.05) is 56.2 Å². The second-order valence-corrected chi connectivity index (χ2v) is 19.1. The van der Waals surface area contributed by atoms with Crippen LogP contribution in [0.5, 0.6) is 0 Å². The van der Waals surface area contributed by atoms with Crippen molar-refractivity contribution in [3.63, 3.8) is 0 Å². The van der Waals surface area contributed by atoms with E-state index in [1.807, 2.05) is 0 Å². The molecule has 3 nitrogen and oxygen atoms in total. The highest BCUT2D eigenvalue weighted by molar-refractivity contribution is 6.11. The van der Waals surface area contributed by atoms with Gasteiger partial charge in [-0.25, -0.2) is 0 Å².